The largest absolute Gasteiger partial charge is 0.379 e. The third kappa shape index (κ3) is 3.46. The van der Waals surface area contributed by atoms with Gasteiger partial charge in [0.25, 0.3) is 0 Å². The summed E-state index contributed by atoms with van der Waals surface area (Å²) in [6.07, 6.45) is 4.79. The van der Waals surface area contributed by atoms with Gasteiger partial charge >= 0.3 is 0 Å². The minimum atomic E-state index is -0.629. The lowest BCUT2D eigenvalue weighted by Crippen LogP contribution is -2.56. The van der Waals surface area contributed by atoms with Crippen molar-refractivity contribution in [1.29, 1.82) is 5.26 Å². The third-order valence-corrected chi connectivity index (χ3v) is 4.26. The van der Waals surface area contributed by atoms with E-state index in [1.807, 2.05) is 6.92 Å². The van der Waals surface area contributed by atoms with E-state index in [0.29, 0.717) is 13.2 Å². The number of hydrogen-bond acceptors (Lipinski definition) is 4. The second kappa shape index (κ2) is 6.36. The Bertz CT molecular complexity index is 352. The molecule has 0 aromatic heterocycles. The number of nitrogens with one attached hydrogen (secondary N) is 1. The van der Waals surface area contributed by atoms with Crippen LogP contribution in [0.4, 0.5) is 0 Å². The molecule has 2 aliphatic rings. The summed E-state index contributed by atoms with van der Waals surface area (Å²) in [7, 11) is 0. The minimum Gasteiger partial charge on any atom is -0.379 e. The van der Waals surface area contributed by atoms with E-state index in [9.17, 15) is 10.1 Å². The monoisotopic (exact) mass is 265 g/mol. The topological polar surface area (TPSA) is 65.4 Å². The van der Waals surface area contributed by atoms with Crippen LogP contribution in [-0.4, -0.2) is 48.7 Å². The van der Waals surface area contributed by atoms with Crippen molar-refractivity contribution in [3.8, 4) is 6.07 Å². The molecule has 0 bridgehead atoms. The second-order valence-corrected chi connectivity index (χ2v) is 5.57. The normalized spacial score (nSPS) is 25.3. The van der Waals surface area contributed by atoms with Gasteiger partial charge in [0.05, 0.1) is 25.3 Å². The van der Waals surface area contributed by atoms with Crippen LogP contribution in [0.15, 0.2) is 0 Å². The Morgan fingerprint density at radius 2 is 1.95 bits per heavy atom. The number of carbonyl (C=O) groups excluding carboxylic acids is 1. The highest BCUT2D eigenvalue weighted by Crippen LogP contribution is 2.27. The van der Waals surface area contributed by atoms with Crippen molar-refractivity contribution in [1.82, 2.24) is 10.2 Å². The van der Waals surface area contributed by atoms with Crippen molar-refractivity contribution >= 4 is 5.91 Å². The van der Waals surface area contributed by atoms with Crippen LogP contribution in [0.1, 0.15) is 39.0 Å². The molecule has 0 aromatic carbocycles. The molecule has 0 spiro atoms. The van der Waals surface area contributed by atoms with Gasteiger partial charge in [-0.1, -0.05) is 19.3 Å². The zero-order valence-corrected chi connectivity index (χ0v) is 11.7. The van der Waals surface area contributed by atoms with Crippen molar-refractivity contribution in [3.05, 3.63) is 0 Å². The van der Waals surface area contributed by atoms with Gasteiger partial charge < -0.3 is 10.1 Å². The summed E-state index contributed by atoms with van der Waals surface area (Å²) in [5.41, 5.74) is -0.629. The van der Waals surface area contributed by atoms with Gasteiger partial charge in [0, 0.05) is 13.1 Å². The highest BCUT2D eigenvalue weighted by atomic mass is 16.5. The molecule has 1 saturated heterocycles. The standard InChI is InChI=1S/C14H23N3O2/c1-12(17-7-9-19-10-8-17)13(18)16-14(11-15)5-3-2-4-6-14/h12H,2-10H2,1H3,(H,16,18). The Hall–Kier alpha value is -1.12. The van der Waals surface area contributed by atoms with Crippen LogP contribution in [0, 0.1) is 11.3 Å². The van der Waals surface area contributed by atoms with E-state index in [1.165, 1.54) is 0 Å². The molecule has 19 heavy (non-hydrogen) atoms. The van der Waals surface area contributed by atoms with Gasteiger partial charge in [0.2, 0.25) is 5.91 Å². The van der Waals surface area contributed by atoms with E-state index < -0.39 is 5.54 Å². The maximum atomic E-state index is 12.3. The molecule has 1 saturated carbocycles. The average Bonchev–Trinajstić information content (AvgIpc) is 2.48. The van der Waals surface area contributed by atoms with Crippen LogP contribution < -0.4 is 5.32 Å². The smallest absolute Gasteiger partial charge is 0.238 e. The zero-order valence-electron chi connectivity index (χ0n) is 11.7. The summed E-state index contributed by atoms with van der Waals surface area (Å²) >= 11 is 0. The van der Waals surface area contributed by atoms with Crippen LogP contribution in [0.3, 0.4) is 0 Å². The maximum Gasteiger partial charge on any atom is 0.238 e. The Kier molecular flexibility index (Phi) is 4.78. The summed E-state index contributed by atoms with van der Waals surface area (Å²) in [4.78, 5) is 14.4. The summed E-state index contributed by atoms with van der Waals surface area (Å²) in [6.45, 7) is 4.85. The predicted molar refractivity (Wildman–Crippen MR) is 71.4 cm³/mol. The molecule has 106 valence electrons. The summed E-state index contributed by atoms with van der Waals surface area (Å²) < 4.78 is 5.29. The van der Waals surface area contributed by atoms with Crippen LogP contribution in [0.2, 0.25) is 0 Å². The molecule has 1 N–H and O–H groups in total. The number of rotatable bonds is 3. The van der Waals surface area contributed by atoms with Crippen molar-refractivity contribution < 1.29 is 9.53 Å². The fourth-order valence-electron chi connectivity index (χ4n) is 2.89. The van der Waals surface area contributed by atoms with Gasteiger partial charge in [-0.05, 0) is 19.8 Å². The molecule has 0 radical (unpaired) electrons. The molecule has 1 aliphatic heterocycles. The van der Waals surface area contributed by atoms with Crippen molar-refractivity contribution in [3.63, 3.8) is 0 Å². The number of carbonyl (C=O) groups is 1. The molecular formula is C14H23N3O2. The molecule has 1 aliphatic carbocycles. The molecule has 5 heteroatoms. The van der Waals surface area contributed by atoms with E-state index in [0.717, 1.165) is 45.2 Å². The quantitative estimate of drug-likeness (QED) is 0.828. The molecule has 1 heterocycles. The number of amides is 1. The van der Waals surface area contributed by atoms with Crippen LogP contribution in [0.5, 0.6) is 0 Å². The highest BCUT2D eigenvalue weighted by molar-refractivity contribution is 5.82. The van der Waals surface area contributed by atoms with Crippen molar-refractivity contribution in [2.45, 2.75) is 50.6 Å². The van der Waals surface area contributed by atoms with Gasteiger partial charge in [0.15, 0.2) is 0 Å². The SMILES string of the molecule is CC(C(=O)NC1(C#N)CCCCC1)N1CCOCC1. The van der Waals surface area contributed by atoms with E-state index in [1.54, 1.807) is 0 Å². The Morgan fingerprint density at radius 3 is 2.53 bits per heavy atom. The molecule has 0 aromatic rings. The number of hydrogen-bond donors (Lipinski definition) is 1. The van der Waals surface area contributed by atoms with E-state index >= 15 is 0 Å². The first kappa shape index (κ1) is 14.3. The van der Waals surface area contributed by atoms with Gasteiger partial charge in [-0.2, -0.15) is 5.26 Å². The Balaban J connectivity index is 1.93. The lowest BCUT2D eigenvalue weighted by Gasteiger charge is -2.36. The first-order valence-electron chi connectivity index (χ1n) is 7.22. The molecule has 2 rings (SSSR count). The van der Waals surface area contributed by atoms with Gasteiger partial charge in [-0.3, -0.25) is 9.69 Å². The first-order valence-corrected chi connectivity index (χ1v) is 7.22. The van der Waals surface area contributed by atoms with Gasteiger partial charge in [-0.15, -0.1) is 0 Å². The molecule has 5 nitrogen and oxygen atoms in total. The van der Waals surface area contributed by atoms with Crippen LogP contribution in [0.25, 0.3) is 0 Å². The van der Waals surface area contributed by atoms with Crippen molar-refractivity contribution in [2.75, 3.05) is 26.3 Å². The second-order valence-electron chi connectivity index (χ2n) is 5.57. The minimum absolute atomic E-state index is 0.0228. The van der Waals surface area contributed by atoms with Crippen LogP contribution >= 0.6 is 0 Å². The van der Waals surface area contributed by atoms with E-state index in [2.05, 4.69) is 16.3 Å². The first-order chi connectivity index (χ1) is 9.17. The maximum absolute atomic E-state index is 12.3. The number of nitrogens with zero attached hydrogens (tertiary/aromatic N) is 2. The molecule has 1 amide bonds. The predicted octanol–water partition coefficient (Wildman–Crippen LogP) is 1.05. The molecular weight excluding hydrogens is 242 g/mol. The molecule has 1 atom stereocenters. The summed E-state index contributed by atoms with van der Waals surface area (Å²) in [5.74, 6) is -0.0228. The summed E-state index contributed by atoms with van der Waals surface area (Å²) in [5, 5.41) is 12.4. The van der Waals surface area contributed by atoms with Gasteiger partial charge in [0.1, 0.15) is 5.54 Å². The molecule has 1 unspecified atom stereocenters. The van der Waals surface area contributed by atoms with Gasteiger partial charge in [-0.25, -0.2) is 0 Å². The fraction of sp³-hybridized carbons (Fsp3) is 0.857. The molecule has 2 fully saturated rings. The lowest BCUT2D eigenvalue weighted by molar-refractivity contribution is -0.129. The lowest BCUT2D eigenvalue weighted by atomic mass is 9.82. The van der Waals surface area contributed by atoms with E-state index in [-0.39, 0.29) is 11.9 Å². The number of morpholine rings is 1. The number of ether oxygens (including phenoxy) is 1. The zero-order chi connectivity index (χ0) is 13.7. The average molecular weight is 265 g/mol. The van der Waals surface area contributed by atoms with Crippen molar-refractivity contribution in [2.24, 2.45) is 0 Å². The third-order valence-electron chi connectivity index (χ3n) is 4.26. The number of nitriles is 1. The fourth-order valence-corrected chi connectivity index (χ4v) is 2.89. The van der Waals surface area contributed by atoms with Crippen LogP contribution in [-0.2, 0) is 9.53 Å². The Labute approximate surface area is 114 Å². The van der Waals surface area contributed by atoms with E-state index in [4.69, 9.17) is 4.74 Å². The highest BCUT2D eigenvalue weighted by Gasteiger charge is 2.35. The Morgan fingerprint density at radius 1 is 1.32 bits per heavy atom. The summed E-state index contributed by atoms with van der Waals surface area (Å²) in [6, 6.07) is 2.15.